The Hall–Kier alpha value is 0.360. The summed E-state index contributed by atoms with van der Waals surface area (Å²) in [5, 5.41) is 11.0. The van der Waals surface area contributed by atoms with E-state index in [2.05, 4.69) is 15.9 Å². The van der Waals surface area contributed by atoms with Gasteiger partial charge >= 0.3 is 0 Å². The van der Waals surface area contributed by atoms with E-state index in [1.807, 2.05) is 6.92 Å². The minimum Gasteiger partial charge on any atom is -0.375 e. The Bertz CT molecular complexity index is 85.1. The molecule has 0 aliphatic carbocycles. The monoisotopic (exact) mass is 211 g/mol. The third-order valence-corrected chi connectivity index (χ3v) is 1.30. The fraction of sp³-hybridized carbons (Fsp3) is 1.00. The molecular weight excluding hydrogens is 200 g/mol. The van der Waals surface area contributed by atoms with Crippen LogP contribution in [-0.4, -0.2) is 24.5 Å². The molecule has 4 heteroatoms. The molecular formula is C6H12BrO3. The van der Waals surface area contributed by atoms with Crippen LogP contribution in [0.2, 0.25) is 0 Å². The van der Waals surface area contributed by atoms with E-state index in [0.29, 0.717) is 13.2 Å². The van der Waals surface area contributed by atoms with Gasteiger partial charge in [0.2, 0.25) is 0 Å². The molecule has 0 aliphatic rings. The van der Waals surface area contributed by atoms with Gasteiger partial charge < -0.3 is 9.47 Å². The van der Waals surface area contributed by atoms with E-state index in [4.69, 9.17) is 9.47 Å². The molecule has 0 aliphatic heterocycles. The molecule has 0 rings (SSSR count). The molecule has 0 spiro atoms. The fourth-order valence-corrected chi connectivity index (χ4v) is 0.872. The molecule has 0 aromatic heterocycles. The zero-order valence-electron chi connectivity index (χ0n) is 6.22. The predicted octanol–water partition coefficient (Wildman–Crippen LogP) is 1.54. The van der Waals surface area contributed by atoms with E-state index < -0.39 is 4.70 Å². The summed E-state index contributed by atoms with van der Waals surface area (Å²) in [5.41, 5.74) is 0. The Kier molecular flexibility index (Phi) is 5.25. The molecule has 0 N–H and O–H groups in total. The van der Waals surface area contributed by atoms with Gasteiger partial charge in [-0.15, -0.1) is 0 Å². The van der Waals surface area contributed by atoms with Gasteiger partial charge in [0.15, 0.2) is 0 Å². The number of ether oxygens (including phenoxy) is 2. The smallest absolute Gasteiger partial charge is 0.281 e. The second-order valence-corrected chi connectivity index (χ2v) is 2.94. The Morgan fingerprint density at radius 1 is 1.40 bits per heavy atom. The minimum absolute atomic E-state index is 0.0390. The number of alkyl halides is 1. The lowest BCUT2D eigenvalue weighted by atomic mass is 10.6. The first-order valence-electron chi connectivity index (χ1n) is 3.23. The highest BCUT2D eigenvalue weighted by Gasteiger charge is 2.25. The SMILES string of the molecule is CCOCC([O])(Br)OCC. The summed E-state index contributed by atoms with van der Waals surface area (Å²) in [7, 11) is 0. The highest BCUT2D eigenvalue weighted by Crippen LogP contribution is 2.16. The maximum absolute atomic E-state index is 11.0. The van der Waals surface area contributed by atoms with Crippen molar-refractivity contribution in [2.24, 2.45) is 0 Å². The topological polar surface area (TPSA) is 38.4 Å². The van der Waals surface area contributed by atoms with Crippen LogP contribution in [0, 0.1) is 0 Å². The summed E-state index contributed by atoms with van der Waals surface area (Å²) < 4.78 is 8.08. The molecule has 0 bridgehead atoms. The van der Waals surface area contributed by atoms with Crippen LogP contribution in [0.25, 0.3) is 0 Å². The minimum atomic E-state index is -1.56. The van der Waals surface area contributed by atoms with Crippen molar-refractivity contribution in [3.63, 3.8) is 0 Å². The lowest BCUT2D eigenvalue weighted by molar-refractivity contribution is -0.191. The van der Waals surface area contributed by atoms with Crippen LogP contribution in [0.1, 0.15) is 13.8 Å². The highest BCUT2D eigenvalue weighted by atomic mass is 79.9. The van der Waals surface area contributed by atoms with Crippen molar-refractivity contribution in [2.45, 2.75) is 18.5 Å². The summed E-state index contributed by atoms with van der Waals surface area (Å²) in [6.45, 7) is 4.55. The lowest BCUT2D eigenvalue weighted by Crippen LogP contribution is -2.28. The molecule has 0 saturated carbocycles. The maximum atomic E-state index is 11.0. The van der Waals surface area contributed by atoms with Gasteiger partial charge in [-0.05, 0) is 29.8 Å². The first-order chi connectivity index (χ1) is 4.62. The van der Waals surface area contributed by atoms with E-state index in [-0.39, 0.29) is 6.61 Å². The lowest BCUT2D eigenvalue weighted by Gasteiger charge is -2.17. The summed E-state index contributed by atoms with van der Waals surface area (Å²) in [6.07, 6.45) is 0. The van der Waals surface area contributed by atoms with Crippen molar-refractivity contribution in [3.05, 3.63) is 0 Å². The molecule has 10 heavy (non-hydrogen) atoms. The molecule has 0 fully saturated rings. The third kappa shape index (κ3) is 5.17. The van der Waals surface area contributed by atoms with Gasteiger partial charge in [-0.2, -0.15) is 5.11 Å². The van der Waals surface area contributed by atoms with Gasteiger partial charge in [-0.1, -0.05) is 0 Å². The average molecular weight is 212 g/mol. The summed E-state index contributed by atoms with van der Waals surface area (Å²) in [4.78, 5) is 0. The van der Waals surface area contributed by atoms with Crippen molar-refractivity contribution in [2.75, 3.05) is 19.8 Å². The van der Waals surface area contributed by atoms with E-state index >= 15 is 0 Å². The van der Waals surface area contributed by atoms with E-state index in [1.165, 1.54) is 0 Å². The quantitative estimate of drug-likeness (QED) is 0.512. The molecule has 1 unspecified atom stereocenters. The van der Waals surface area contributed by atoms with Gasteiger partial charge in [-0.25, -0.2) is 0 Å². The van der Waals surface area contributed by atoms with Crippen LogP contribution in [0.4, 0.5) is 0 Å². The Morgan fingerprint density at radius 3 is 2.40 bits per heavy atom. The number of hydrogen-bond donors (Lipinski definition) is 0. The normalized spacial score (nSPS) is 16.8. The van der Waals surface area contributed by atoms with Crippen LogP contribution in [-0.2, 0) is 14.6 Å². The van der Waals surface area contributed by atoms with Gasteiger partial charge in [0.1, 0.15) is 6.61 Å². The van der Waals surface area contributed by atoms with Crippen molar-refractivity contribution in [1.82, 2.24) is 0 Å². The number of halogens is 1. The van der Waals surface area contributed by atoms with Gasteiger partial charge in [0.05, 0.1) is 0 Å². The van der Waals surface area contributed by atoms with E-state index in [9.17, 15) is 5.11 Å². The Morgan fingerprint density at radius 2 is 2.00 bits per heavy atom. The third-order valence-electron chi connectivity index (χ3n) is 0.838. The van der Waals surface area contributed by atoms with Crippen LogP contribution in [0.15, 0.2) is 0 Å². The van der Waals surface area contributed by atoms with Crippen LogP contribution < -0.4 is 0 Å². The molecule has 61 valence electrons. The fourth-order valence-electron chi connectivity index (χ4n) is 0.481. The largest absolute Gasteiger partial charge is 0.375 e. The van der Waals surface area contributed by atoms with E-state index in [1.54, 1.807) is 6.92 Å². The standard InChI is InChI=1S/C6H12BrO3/c1-3-9-5-6(7,8)10-4-2/h3-5H2,1-2H3. The van der Waals surface area contributed by atoms with Gasteiger partial charge in [0.25, 0.3) is 4.70 Å². The summed E-state index contributed by atoms with van der Waals surface area (Å²) in [6, 6.07) is 0. The van der Waals surface area contributed by atoms with Crippen LogP contribution in [0.5, 0.6) is 0 Å². The second-order valence-electron chi connectivity index (χ2n) is 1.73. The van der Waals surface area contributed by atoms with Crippen molar-refractivity contribution >= 4 is 15.9 Å². The number of rotatable bonds is 5. The number of hydrogen-bond acceptors (Lipinski definition) is 2. The molecule has 0 amide bonds. The highest BCUT2D eigenvalue weighted by molar-refractivity contribution is 9.10. The molecule has 0 heterocycles. The zero-order chi connectivity index (χ0) is 8.04. The Balaban J connectivity index is 3.42. The first-order valence-corrected chi connectivity index (χ1v) is 4.02. The molecule has 0 aromatic rings. The van der Waals surface area contributed by atoms with Crippen LogP contribution in [0.3, 0.4) is 0 Å². The zero-order valence-corrected chi connectivity index (χ0v) is 7.81. The van der Waals surface area contributed by atoms with Gasteiger partial charge in [0, 0.05) is 13.2 Å². The molecule has 3 nitrogen and oxygen atoms in total. The average Bonchev–Trinajstić information content (AvgIpc) is 1.84. The second kappa shape index (κ2) is 5.07. The first kappa shape index (κ1) is 10.4. The van der Waals surface area contributed by atoms with Crippen molar-refractivity contribution in [1.29, 1.82) is 0 Å². The molecule has 1 atom stereocenters. The maximum Gasteiger partial charge on any atom is 0.281 e. The van der Waals surface area contributed by atoms with Gasteiger partial charge in [-0.3, -0.25) is 0 Å². The summed E-state index contributed by atoms with van der Waals surface area (Å²) >= 11 is 2.84. The summed E-state index contributed by atoms with van der Waals surface area (Å²) in [5.74, 6) is 0. The van der Waals surface area contributed by atoms with Crippen molar-refractivity contribution < 1.29 is 14.6 Å². The van der Waals surface area contributed by atoms with E-state index in [0.717, 1.165) is 0 Å². The Labute approximate surface area is 69.5 Å². The predicted molar refractivity (Wildman–Crippen MR) is 40.5 cm³/mol. The van der Waals surface area contributed by atoms with Crippen molar-refractivity contribution in [3.8, 4) is 0 Å². The molecule has 1 radical (unpaired) electrons. The van der Waals surface area contributed by atoms with Crippen LogP contribution >= 0.6 is 15.9 Å². The molecule has 0 aromatic carbocycles. The molecule has 0 saturated heterocycles.